The number of hydrogen-bond donors (Lipinski definition) is 2. The van der Waals surface area contributed by atoms with Gasteiger partial charge in [0.05, 0.1) is 15.9 Å². The number of nitro groups is 1. The molecule has 1 heterocycles. The summed E-state index contributed by atoms with van der Waals surface area (Å²) in [7, 11) is 0. The lowest BCUT2D eigenvalue weighted by Gasteiger charge is -2.22. The smallest absolute Gasteiger partial charge is 0.283 e. The van der Waals surface area contributed by atoms with E-state index in [1.165, 1.54) is 17.8 Å². The highest BCUT2D eigenvalue weighted by atomic mass is 32.2. The summed E-state index contributed by atoms with van der Waals surface area (Å²) in [5.74, 6) is 0.573. The molecule has 176 valence electrons. The first kappa shape index (κ1) is 24.7. The number of nitrogens with one attached hydrogen (secondary N) is 1. The molecular formula is C24H30N4O4S. The van der Waals surface area contributed by atoms with Crippen LogP contribution in [0.1, 0.15) is 49.0 Å². The van der Waals surface area contributed by atoms with E-state index in [9.17, 15) is 19.7 Å². The molecule has 0 radical (unpaired) electrons. The Morgan fingerprint density at radius 1 is 1.27 bits per heavy atom. The van der Waals surface area contributed by atoms with Gasteiger partial charge in [-0.25, -0.2) is 0 Å². The van der Waals surface area contributed by atoms with E-state index in [-0.39, 0.29) is 23.2 Å². The monoisotopic (exact) mass is 470 g/mol. The Bertz CT molecular complexity index is 1030. The molecule has 1 aliphatic rings. The predicted molar refractivity (Wildman–Crippen MR) is 130 cm³/mol. The first-order chi connectivity index (χ1) is 15.7. The molecule has 9 heteroatoms. The average molecular weight is 471 g/mol. The molecule has 0 aromatic heterocycles. The molecule has 1 unspecified atom stereocenters. The predicted octanol–water partition coefficient (Wildman–Crippen LogP) is 4.44. The van der Waals surface area contributed by atoms with Gasteiger partial charge in [-0.1, -0.05) is 26.0 Å². The van der Waals surface area contributed by atoms with E-state index >= 15 is 0 Å². The zero-order valence-corrected chi connectivity index (χ0v) is 19.8. The van der Waals surface area contributed by atoms with Crippen molar-refractivity contribution in [1.82, 2.24) is 4.90 Å². The standard InChI is InChI=1S/C24H30N4O4S/c1-16(2)10-12-33-22-9-8-18(14-21(22)28(31)32)24(30)26-19-6-3-5-17(13-19)15-27-11-4-7-20(27)23(25)29/h3,5-6,8-9,13-14,16,20H,4,7,10-12,15H2,1-2H3,(H2,25,29)(H,26,30). The van der Waals surface area contributed by atoms with Gasteiger partial charge in [-0.05, 0) is 67.3 Å². The summed E-state index contributed by atoms with van der Waals surface area (Å²) < 4.78 is 0. The lowest BCUT2D eigenvalue weighted by molar-refractivity contribution is -0.387. The van der Waals surface area contributed by atoms with Crippen LogP contribution in [0.5, 0.6) is 0 Å². The third-order valence-corrected chi connectivity index (χ3v) is 6.73. The van der Waals surface area contributed by atoms with Crippen LogP contribution in [0, 0.1) is 16.0 Å². The molecule has 2 aromatic carbocycles. The van der Waals surface area contributed by atoms with Crippen molar-refractivity contribution in [2.45, 2.75) is 50.6 Å². The fourth-order valence-corrected chi connectivity index (χ4v) is 5.11. The second-order valence-corrected chi connectivity index (χ2v) is 9.79. The summed E-state index contributed by atoms with van der Waals surface area (Å²) in [6.45, 7) is 5.58. The molecular weight excluding hydrogens is 440 g/mol. The molecule has 1 saturated heterocycles. The van der Waals surface area contributed by atoms with Crippen LogP contribution in [0.15, 0.2) is 47.4 Å². The minimum atomic E-state index is -0.444. The quantitative estimate of drug-likeness (QED) is 0.301. The zero-order valence-electron chi connectivity index (χ0n) is 19.0. The number of benzene rings is 2. The lowest BCUT2D eigenvalue weighted by atomic mass is 10.1. The van der Waals surface area contributed by atoms with Gasteiger partial charge in [0.1, 0.15) is 0 Å². The normalized spacial score (nSPS) is 16.2. The number of primary amides is 1. The summed E-state index contributed by atoms with van der Waals surface area (Å²) in [5, 5.41) is 14.4. The summed E-state index contributed by atoms with van der Waals surface area (Å²) in [4.78, 5) is 38.1. The van der Waals surface area contributed by atoms with Gasteiger partial charge in [0.15, 0.2) is 0 Å². The van der Waals surface area contributed by atoms with E-state index in [1.807, 2.05) is 23.1 Å². The molecule has 1 aliphatic heterocycles. The van der Waals surface area contributed by atoms with Gasteiger partial charge in [0.2, 0.25) is 5.91 Å². The molecule has 1 atom stereocenters. The number of rotatable bonds is 10. The van der Waals surface area contributed by atoms with E-state index in [0.717, 1.165) is 37.1 Å². The van der Waals surface area contributed by atoms with Crippen molar-refractivity contribution in [2.75, 3.05) is 17.6 Å². The van der Waals surface area contributed by atoms with Crippen molar-refractivity contribution < 1.29 is 14.5 Å². The van der Waals surface area contributed by atoms with Gasteiger partial charge in [-0.15, -0.1) is 11.8 Å². The van der Waals surface area contributed by atoms with Crippen LogP contribution in [0.2, 0.25) is 0 Å². The van der Waals surface area contributed by atoms with Crippen LogP contribution < -0.4 is 11.1 Å². The Labute approximate surface area is 198 Å². The van der Waals surface area contributed by atoms with E-state index in [4.69, 9.17) is 5.73 Å². The largest absolute Gasteiger partial charge is 0.368 e. The molecule has 3 rings (SSSR count). The molecule has 8 nitrogen and oxygen atoms in total. The van der Waals surface area contributed by atoms with Crippen molar-refractivity contribution in [3.63, 3.8) is 0 Å². The van der Waals surface area contributed by atoms with Crippen molar-refractivity contribution in [3.8, 4) is 0 Å². The minimum absolute atomic E-state index is 0.0586. The maximum absolute atomic E-state index is 12.8. The molecule has 0 saturated carbocycles. The minimum Gasteiger partial charge on any atom is -0.368 e. The summed E-state index contributed by atoms with van der Waals surface area (Å²) in [6.07, 6.45) is 2.64. The Morgan fingerprint density at radius 3 is 2.76 bits per heavy atom. The number of amides is 2. The summed E-state index contributed by atoms with van der Waals surface area (Å²) in [6, 6.07) is 11.7. The fourth-order valence-electron chi connectivity index (χ4n) is 3.85. The van der Waals surface area contributed by atoms with Crippen LogP contribution in [-0.2, 0) is 11.3 Å². The van der Waals surface area contributed by atoms with E-state index in [2.05, 4.69) is 19.2 Å². The second-order valence-electron chi connectivity index (χ2n) is 8.66. The molecule has 33 heavy (non-hydrogen) atoms. The second kappa shape index (κ2) is 11.3. The highest BCUT2D eigenvalue weighted by molar-refractivity contribution is 7.99. The van der Waals surface area contributed by atoms with Crippen molar-refractivity contribution in [3.05, 3.63) is 63.7 Å². The SMILES string of the molecule is CC(C)CCSc1ccc(C(=O)Nc2cccc(CN3CCCC3C(N)=O)c2)cc1[N+](=O)[O-]. The zero-order chi connectivity index (χ0) is 24.0. The molecule has 2 aromatic rings. The third kappa shape index (κ3) is 6.79. The molecule has 1 fully saturated rings. The summed E-state index contributed by atoms with van der Waals surface area (Å²) in [5.41, 5.74) is 7.21. The molecule has 0 aliphatic carbocycles. The average Bonchev–Trinajstić information content (AvgIpc) is 3.22. The number of thioether (sulfide) groups is 1. The Hall–Kier alpha value is -2.91. The number of nitro benzene ring substituents is 1. The van der Waals surface area contributed by atoms with Crippen molar-refractivity contribution in [1.29, 1.82) is 0 Å². The number of carbonyl (C=O) groups excluding carboxylic acids is 2. The van der Waals surface area contributed by atoms with Gasteiger partial charge in [-0.3, -0.25) is 24.6 Å². The van der Waals surface area contributed by atoms with Gasteiger partial charge >= 0.3 is 0 Å². The van der Waals surface area contributed by atoms with Gasteiger partial charge in [0.25, 0.3) is 11.6 Å². The number of likely N-dealkylation sites (tertiary alicyclic amines) is 1. The Balaban J connectivity index is 1.69. The van der Waals surface area contributed by atoms with Gasteiger partial charge in [0, 0.05) is 23.9 Å². The van der Waals surface area contributed by atoms with Crippen LogP contribution in [0.25, 0.3) is 0 Å². The number of carbonyl (C=O) groups is 2. The number of nitrogens with two attached hydrogens (primary N) is 1. The van der Waals surface area contributed by atoms with E-state index in [0.29, 0.717) is 23.0 Å². The Morgan fingerprint density at radius 2 is 2.06 bits per heavy atom. The highest BCUT2D eigenvalue weighted by Gasteiger charge is 2.28. The summed E-state index contributed by atoms with van der Waals surface area (Å²) >= 11 is 1.44. The number of nitrogens with zero attached hydrogens (tertiary/aromatic N) is 2. The van der Waals surface area contributed by atoms with Crippen LogP contribution in [0.4, 0.5) is 11.4 Å². The van der Waals surface area contributed by atoms with Crippen molar-refractivity contribution >= 4 is 35.0 Å². The lowest BCUT2D eigenvalue weighted by Crippen LogP contribution is -2.39. The Kier molecular flexibility index (Phi) is 8.46. The van der Waals surface area contributed by atoms with Crippen LogP contribution in [0.3, 0.4) is 0 Å². The maximum Gasteiger partial charge on any atom is 0.283 e. The van der Waals surface area contributed by atoms with E-state index in [1.54, 1.807) is 18.2 Å². The van der Waals surface area contributed by atoms with Crippen LogP contribution in [-0.4, -0.2) is 40.0 Å². The van der Waals surface area contributed by atoms with Crippen LogP contribution >= 0.6 is 11.8 Å². The maximum atomic E-state index is 12.8. The van der Waals surface area contributed by atoms with Crippen molar-refractivity contribution in [2.24, 2.45) is 11.7 Å². The highest BCUT2D eigenvalue weighted by Crippen LogP contribution is 2.31. The van der Waals surface area contributed by atoms with E-state index < -0.39 is 10.8 Å². The number of hydrogen-bond acceptors (Lipinski definition) is 6. The first-order valence-corrected chi connectivity index (χ1v) is 12.1. The molecule has 0 bridgehead atoms. The first-order valence-electron chi connectivity index (χ1n) is 11.1. The topological polar surface area (TPSA) is 119 Å². The molecule has 0 spiro atoms. The fraction of sp³-hybridized carbons (Fsp3) is 0.417. The third-order valence-electron chi connectivity index (χ3n) is 5.63. The molecule has 3 N–H and O–H groups in total. The molecule has 2 amide bonds. The number of anilines is 1. The van der Waals surface area contributed by atoms with Gasteiger partial charge in [-0.2, -0.15) is 0 Å². The van der Waals surface area contributed by atoms with Gasteiger partial charge < -0.3 is 11.1 Å².